The molecular weight excluding hydrogens is 432 g/mol. The normalized spacial score (nSPS) is 22.4. The number of nitrogens with one attached hydrogen (secondary N) is 1. The standard InChI is InChI=1S/C19H22N2O11/c1-9(22)29-8-13-15(30-10(2)23)16(31-11(3)24)18(32-13)21-7-12(5-6-14(25)28-4)17(26)20-19(21)27/h5-7,13,15-16,18H,8H2,1-4H3,(H,20,26,27)/t13-,15+,16-,18-/m1/s1. The van der Waals surface area contributed by atoms with Gasteiger partial charge >= 0.3 is 29.6 Å². The summed E-state index contributed by atoms with van der Waals surface area (Å²) in [5.41, 5.74) is -1.85. The minimum Gasteiger partial charge on any atom is -0.466 e. The van der Waals surface area contributed by atoms with Gasteiger partial charge in [0.25, 0.3) is 5.56 Å². The summed E-state index contributed by atoms with van der Waals surface area (Å²) in [4.78, 5) is 72.5. The first-order valence-corrected chi connectivity index (χ1v) is 9.28. The highest BCUT2D eigenvalue weighted by atomic mass is 16.7. The molecule has 0 unspecified atom stereocenters. The van der Waals surface area contributed by atoms with Crippen molar-refractivity contribution in [2.75, 3.05) is 13.7 Å². The maximum Gasteiger partial charge on any atom is 0.330 e. The van der Waals surface area contributed by atoms with Gasteiger partial charge in [-0.25, -0.2) is 9.59 Å². The highest BCUT2D eigenvalue weighted by Crippen LogP contribution is 2.33. The van der Waals surface area contributed by atoms with Gasteiger partial charge in [-0.05, 0) is 6.08 Å². The molecule has 2 heterocycles. The fraction of sp³-hybridized carbons (Fsp3) is 0.474. The first-order valence-electron chi connectivity index (χ1n) is 9.28. The van der Waals surface area contributed by atoms with Crippen LogP contribution in [0.3, 0.4) is 0 Å². The first kappa shape index (κ1) is 24.5. The van der Waals surface area contributed by atoms with Gasteiger partial charge in [0.1, 0.15) is 12.7 Å². The third kappa shape index (κ3) is 6.14. The quantitative estimate of drug-likeness (QED) is 0.306. The van der Waals surface area contributed by atoms with Gasteiger partial charge in [0.05, 0.1) is 12.7 Å². The Kier molecular flexibility index (Phi) is 8.07. The smallest absolute Gasteiger partial charge is 0.330 e. The van der Waals surface area contributed by atoms with Gasteiger partial charge in [-0.2, -0.15) is 0 Å². The van der Waals surface area contributed by atoms with Crippen molar-refractivity contribution in [2.24, 2.45) is 0 Å². The number of esters is 4. The molecule has 1 aliphatic heterocycles. The third-order valence-corrected chi connectivity index (χ3v) is 4.21. The van der Waals surface area contributed by atoms with Crippen LogP contribution >= 0.6 is 0 Å². The fourth-order valence-corrected chi connectivity index (χ4v) is 2.95. The van der Waals surface area contributed by atoms with Crippen molar-refractivity contribution in [3.05, 3.63) is 38.7 Å². The monoisotopic (exact) mass is 454 g/mol. The van der Waals surface area contributed by atoms with Crippen molar-refractivity contribution in [1.82, 2.24) is 9.55 Å². The maximum atomic E-state index is 12.5. The van der Waals surface area contributed by atoms with Crippen LogP contribution in [-0.4, -0.2) is 65.5 Å². The van der Waals surface area contributed by atoms with E-state index in [1.54, 1.807) is 0 Å². The van der Waals surface area contributed by atoms with Gasteiger partial charge in [0.15, 0.2) is 18.4 Å². The summed E-state index contributed by atoms with van der Waals surface area (Å²) in [6.07, 6.45) is -1.86. The number of carbonyl (C=O) groups is 4. The molecule has 13 nitrogen and oxygen atoms in total. The Bertz CT molecular complexity index is 1040. The molecule has 2 rings (SSSR count). The van der Waals surface area contributed by atoms with Crippen LogP contribution in [0, 0.1) is 0 Å². The van der Waals surface area contributed by atoms with Crippen molar-refractivity contribution < 1.29 is 42.9 Å². The molecule has 1 aromatic heterocycles. The van der Waals surface area contributed by atoms with E-state index < -0.39 is 59.7 Å². The average molecular weight is 454 g/mol. The SMILES string of the molecule is COC(=O)C=Cc1cn([C@@H]2O[C@H](COC(C)=O)[C@H](OC(C)=O)[C@H]2OC(C)=O)c(=O)[nH]c1=O. The molecule has 1 saturated heterocycles. The zero-order chi connectivity index (χ0) is 24.0. The van der Waals surface area contributed by atoms with Crippen LogP contribution in [0.15, 0.2) is 21.9 Å². The Hall–Kier alpha value is -3.74. The van der Waals surface area contributed by atoms with Gasteiger partial charge in [-0.3, -0.25) is 28.7 Å². The molecule has 0 amide bonds. The summed E-state index contributed by atoms with van der Waals surface area (Å²) in [6, 6.07) is 0. The molecular formula is C19H22N2O11. The van der Waals surface area contributed by atoms with Crippen molar-refractivity contribution in [3.63, 3.8) is 0 Å². The van der Waals surface area contributed by atoms with Crippen molar-refractivity contribution >= 4 is 30.0 Å². The molecule has 0 bridgehead atoms. The summed E-state index contributed by atoms with van der Waals surface area (Å²) in [6.45, 7) is 3.00. The number of hydrogen-bond acceptors (Lipinski definition) is 11. The highest BCUT2D eigenvalue weighted by molar-refractivity contribution is 5.86. The number of nitrogens with zero attached hydrogens (tertiary/aromatic N) is 1. The van der Waals surface area contributed by atoms with E-state index in [0.717, 1.165) is 50.8 Å². The van der Waals surface area contributed by atoms with Gasteiger partial charge < -0.3 is 23.7 Å². The summed E-state index contributed by atoms with van der Waals surface area (Å²) in [7, 11) is 1.15. The van der Waals surface area contributed by atoms with Crippen molar-refractivity contribution in [1.29, 1.82) is 0 Å². The van der Waals surface area contributed by atoms with E-state index in [1.807, 2.05) is 0 Å². The minimum atomic E-state index is -1.36. The van der Waals surface area contributed by atoms with E-state index >= 15 is 0 Å². The van der Waals surface area contributed by atoms with E-state index in [4.69, 9.17) is 18.9 Å². The number of ether oxygens (including phenoxy) is 5. The van der Waals surface area contributed by atoms with Crippen LogP contribution in [0.5, 0.6) is 0 Å². The Morgan fingerprint density at radius 2 is 1.69 bits per heavy atom. The zero-order valence-corrected chi connectivity index (χ0v) is 17.7. The van der Waals surface area contributed by atoms with Crippen LogP contribution in [0.1, 0.15) is 32.6 Å². The summed E-state index contributed by atoms with van der Waals surface area (Å²) in [5.74, 6) is -2.88. The van der Waals surface area contributed by atoms with Crippen molar-refractivity contribution in [3.8, 4) is 0 Å². The fourth-order valence-electron chi connectivity index (χ4n) is 2.95. The Morgan fingerprint density at radius 1 is 1.06 bits per heavy atom. The molecule has 0 radical (unpaired) electrons. The van der Waals surface area contributed by atoms with Gasteiger partial charge in [-0.1, -0.05) is 0 Å². The molecule has 0 aliphatic carbocycles. The van der Waals surface area contributed by atoms with E-state index in [9.17, 15) is 28.8 Å². The molecule has 0 saturated carbocycles. The lowest BCUT2D eigenvalue weighted by Gasteiger charge is -2.24. The number of hydrogen-bond donors (Lipinski definition) is 1. The number of aromatic amines is 1. The molecule has 174 valence electrons. The number of aromatic nitrogens is 2. The number of H-pyrrole nitrogens is 1. The van der Waals surface area contributed by atoms with Crippen LogP contribution in [0.2, 0.25) is 0 Å². The largest absolute Gasteiger partial charge is 0.466 e. The predicted octanol–water partition coefficient (Wildman–Crippen LogP) is -0.953. The third-order valence-electron chi connectivity index (χ3n) is 4.21. The second kappa shape index (κ2) is 10.5. The maximum absolute atomic E-state index is 12.5. The molecule has 0 aromatic carbocycles. The molecule has 1 aromatic rings. The molecule has 1 N–H and O–H groups in total. The molecule has 0 spiro atoms. The first-order chi connectivity index (χ1) is 15.0. The van der Waals surface area contributed by atoms with Crippen LogP contribution in [-0.2, 0) is 42.9 Å². The van der Waals surface area contributed by atoms with E-state index in [2.05, 4.69) is 9.72 Å². The lowest BCUT2D eigenvalue weighted by atomic mass is 10.1. The topological polar surface area (TPSA) is 169 Å². The summed E-state index contributed by atoms with van der Waals surface area (Å²) < 4.78 is 26.5. The lowest BCUT2D eigenvalue weighted by Crippen LogP contribution is -2.42. The van der Waals surface area contributed by atoms with Gasteiger partial charge in [0.2, 0.25) is 0 Å². The second-order valence-electron chi connectivity index (χ2n) is 6.62. The molecule has 32 heavy (non-hydrogen) atoms. The molecule has 4 atom stereocenters. The van der Waals surface area contributed by atoms with Crippen molar-refractivity contribution in [2.45, 2.75) is 45.3 Å². The molecule has 1 fully saturated rings. The van der Waals surface area contributed by atoms with Crippen LogP contribution in [0.4, 0.5) is 0 Å². The lowest BCUT2D eigenvalue weighted by molar-refractivity contribution is -0.166. The second-order valence-corrected chi connectivity index (χ2v) is 6.62. The highest BCUT2D eigenvalue weighted by Gasteiger charge is 2.51. The molecule has 13 heteroatoms. The Labute approximate surface area is 180 Å². The Balaban J connectivity index is 2.53. The van der Waals surface area contributed by atoms with E-state index in [-0.39, 0.29) is 12.2 Å². The Morgan fingerprint density at radius 3 is 2.25 bits per heavy atom. The molecule has 1 aliphatic rings. The number of rotatable bonds is 7. The number of methoxy groups -OCH3 is 1. The van der Waals surface area contributed by atoms with Crippen LogP contribution in [0.25, 0.3) is 6.08 Å². The van der Waals surface area contributed by atoms with Gasteiger partial charge in [-0.15, -0.1) is 0 Å². The number of carbonyl (C=O) groups excluding carboxylic acids is 4. The van der Waals surface area contributed by atoms with Gasteiger partial charge in [0, 0.05) is 33.0 Å². The summed E-state index contributed by atoms with van der Waals surface area (Å²) >= 11 is 0. The van der Waals surface area contributed by atoms with E-state index in [0.29, 0.717) is 0 Å². The minimum absolute atomic E-state index is 0.118. The average Bonchev–Trinajstić information content (AvgIpc) is 3.01. The zero-order valence-electron chi connectivity index (χ0n) is 17.7. The van der Waals surface area contributed by atoms with E-state index in [1.165, 1.54) is 0 Å². The predicted molar refractivity (Wildman–Crippen MR) is 104 cm³/mol. The summed E-state index contributed by atoms with van der Waals surface area (Å²) in [5, 5.41) is 0. The van der Waals surface area contributed by atoms with Crippen LogP contribution < -0.4 is 11.2 Å².